The van der Waals surface area contributed by atoms with Gasteiger partial charge in [-0.05, 0) is 12.8 Å². The van der Waals surface area contributed by atoms with Crippen LogP contribution in [0.3, 0.4) is 0 Å². The first-order chi connectivity index (χ1) is 13.1. The molecule has 27 heavy (non-hydrogen) atoms. The highest BCUT2D eigenvalue weighted by Gasteiger charge is 2.17. The van der Waals surface area contributed by atoms with Crippen molar-refractivity contribution in [3.8, 4) is 0 Å². The summed E-state index contributed by atoms with van der Waals surface area (Å²) in [6.45, 7) is 0.170. The second kappa shape index (κ2) is 10.7. The van der Waals surface area contributed by atoms with Gasteiger partial charge in [0.15, 0.2) is 5.78 Å². The highest BCUT2D eigenvalue weighted by Crippen LogP contribution is 2.05. The van der Waals surface area contributed by atoms with E-state index in [1.165, 1.54) is 0 Å². The predicted octanol–water partition coefficient (Wildman–Crippen LogP) is 3.01. The summed E-state index contributed by atoms with van der Waals surface area (Å²) in [6, 6.07) is 16.7. The molecule has 0 fully saturated rings. The van der Waals surface area contributed by atoms with Crippen LogP contribution in [0.25, 0.3) is 0 Å². The highest BCUT2D eigenvalue weighted by molar-refractivity contribution is 6.40. The first-order valence-corrected chi connectivity index (χ1v) is 8.58. The Hall–Kier alpha value is -3.28. The van der Waals surface area contributed by atoms with Gasteiger partial charge in [0.05, 0.1) is 13.2 Å². The maximum Gasteiger partial charge on any atom is 0.379 e. The average molecular weight is 368 g/mol. The van der Waals surface area contributed by atoms with Crippen LogP contribution in [0.15, 0.2) is 60.7 Å². The molecule has 0 spiro atoms. The number of ketones is 2. The van der Waals surface area contributed by atoms with Gasteiger partial charge in [0, 0.05) is 11.1 Å². The molecule has 2 aromatic carbocycles. The van der Waals surface area contributed by atoms with E-state index in [4.69, 9.17) is 9.47 Å². The fraction of sp³-hybridized carbons (Fsp3) is 0.238. The summed E-state index contributed by atoms with van der Waals surface area (Å²) < 4.78 is 9.90. The molecule has 0 aromatic heterocycles. The summed E-state index contributed by atoms with van der Waals surface area (Å²) in [5.41, 5.74) is 0.740. The molecule has 6 heteroatoms. The molecule has 0 aliphatic carbocycles. The molecular weight excluding hydrogens is 348 g/mol. The van der Waals surface area contributed by atoms with Crippen molar-refractivity contribution < 1.29 is 28.7 Å². The zero-order chi connectivity index (χ0) is 19.5. The molecule has 0 N–H and O–H groups in total. The Morgan fingerprint density at radius 3 is 1.78 bits per heavy atom. The molecule has 0 unspecified atom stereocenters. The number of rotatable bonds is 10. The Morgan fingerprint density at radius 1 is 0.667 bits per heavy atom. The van der Waals surface area contributed by atoms with Crippen molar-refractivity contribution in [2.45, 2.75) is 19.3 Å². The van der Waals surface area contributed by atoms with Crippen molar-refractivity contribution in [2.75, 3.05) is 13.2 Å². The maximum atomic E-state index is 11.9. The third-order valence-electron chi connectivity index (χ3n) is 3.66. The first-order valence-electron chi connectivity index (χ1n) is 8.58. The van der Waals surface area contributed by atoms with E-state index < -0.39 is 17.7 Å². The van der Waals surface area contributed by atoms with Gasteiger partial charge in [-0.3, -0.25) is 14.4 Å². The Labute approximate surface area is 157 Å². The van der Waals surface area contributed by atoms with Gasteiger partial charge in [0.25, 0.3) is 5.78 Å². The number of hydrogen-bond acceptors (Lipinski definition) is 6. The van der Waals surface area contributed by atoms with Gasteiger partial charge in [-0.15, -0.1) is 0 Å². The lowest BCUT2D eigenvalue weighted by Crippen LogP contribution is -2.18. The number of esters is 2. The summed E-state index contributed by atoms with van der Waals surface area (Å²) in [7, 11) is 0. The van der Waals surface area contributed by atoms with E-state index >= 15 is 0 Å². The van der Waals surface area contributed by atoms with Crippen LogP contribution in [0.5, 0.6) is 0 Å². The minimum Gasteiger partial charge on any atom is -0.465 e. The fourth-order valence-electron chi connectivity index (χ4n) is 2.24. The van der Waals surface area contributed by atoms with Crippen LogP contribution in [-0.2, 0) is 19.1 Å². The average Bonchev–Trinajstić information content (AvgIpc) is 2.71. The Balaban J connectivity index is 1.58. The van der Waals surface area contributed by atoms with Crippen molar-refractivity contribution in [1.29, 1.82) is 0 Å². The van der Waals surface area contributed by atoms with E-state index in [1.54, 1.807) is 60.7 Å². The molecule has 140 valence electrons. The van der Waals surface area contributed by atoms with E-state index in [2.05, 4.69) is 0 Å². The molecule has 2 rings (SSSR count). The molecule has 0 amide bonds. The molecule has 2 aromatic rings. The summed E-state index contributed by atoms with van der Waals surface area (Å²) >= 11 is 0. The van der Waals surface area contributed by atoms with Crippen LogP contribution in [-0.4, -0.2) is 36.7 Å². The third-order valence-corrected chi connectivity index (χ3v) is 3.66. The van der Waals surface area contributed by atoms with Gasteiger partial charge >= 0.3 is 11.9 Å². The first kappa shape index (κ1) is 20.0. The van der Waals surface area contributed by atoms with Crippen LogP contribution < -0.4 is 0 Å². The van der Waals surface area contributed by atoms with E-state index in [9.17, 15) is 19.2 Å². The summed E-state index contributed by atoms with van der Waals surface area (Å²) in [5.74, 6) is -2.50. The van der Waals surface area contributed by atoms with Gasteiger partial charge in [-0.1, -0.05) is 60.7 Å². The molecule has 0 aliphatic rings. The standard InChI is InChI=1S/C21H20O6/c22-18(16-9-3-1-4-10-16)15-19(23)26-13-7-8-14-27-21(25)20(24)17-11-5-2-6-12-17/h1-6,9-12H,7-8,13-15H2. The van der Waals surface area contributed by atoms with Crippen LogP contribution in [0.4, 0.5) is 0 Å². The zero-order valence-electron chi connectivity index (χ0n) is 14.8. The smallest absolute Gasteiger partial charge is 0.379 e. The van der Waals surface area contributed by atoms with Crippen molar-refractivity contribution in [3.05, 3.63) is 71.8 Å². The number of ether oxygens (including phenoxy) is 2. The maximum absolute atomic E-state index is 11.9. The monoisotopic (exact) mass is 368 g/mol. The van der Waals surface area contributed by atoms with Crippen LogP contribution in [0, 0.1) is 0 Å². The molecule has 0 aliphatic heterocycles. The van der Waals surface area contributed by atoms with Crippen LogP contribution >= 0.6 is 0 Å². The molecule has 0 saturated carbocycles. The lowest BCUT2D eigenvalue weighted by Gasteiger charge is -2.06. The highest BCUT2D eigenvalue weighted by atomic mass is 16.5. The Morgan fingerprint density at radius 2 is 1.19 bits per heavy atom. The molecule has 0 heterocycles. The summed E-state index contributed by atoms with van der Waals surface area (Å²) in [6.07, 6.45) is 0.580. The lowest BCUT2D eigenvalue weighted by atomic mass is 10.1. The number of Topliss-reactive ketones (excluding diaryl/α,β-unsaturated/α-hetero) is 2. The quantitative estimate of drug-likeness (QED) is 0.211. The summed E-state index contributed by atoms with van der Waals surface area (Å²) in [5, 5.41) is 0. The molecule has 0 atom stereocenters. The Kier molecular flexibility index (Phi) is 7.91. The van der Waals surface area contributed by atoms with Gasteiger partial charge in [-0.2, -0.15) is 0 Å². The number of benzene rings is 2. The summed E-state index contributed by atoms with van der Waals surface area (Å²) in [4.78, 5) is 46.9. The SMILES string of the molecule is O=C(CC(=O)c1ccccc1)OCCCCOC(=O)C(=O)c1ccccc1. The zero-order valence-corrected chi connectivity index (χ0v) is 14.8. The van der Waals surface area contributed by atoms with E-state index in [-0.39, 0.29) is 31.0 Å². The largest absolute Gasteiger partial charge is 0.465 e. The third kappa shape index (κ3) is 6.86. The van der Waals surface area contributed by atoms with Crippen molar-refractivity contribution in [3.63, 3.8) is 0 Å². The van der Waals surface area contributed by atoms with Gasteiger partial charge < -0.3 is 9.47 Å². The Bertz CT molecular complexity index is 783. The minimum absolute atomic E-state index is 0.0535. The van der Waals surface area contributed by atoms with Crippen molar-refractivity contribution in [2.24, 2.45) is 0 Å². The fourth-order valence-corrected chi connectivity index (χ4v) is 2.24. The number of carbonyl (C=O) groups excluding carboxylic acids is 4. The van der Waals surface area contributed by atoms with Crippen molar-refractivity contribution in [1.82, 2.24) is 0 Å². The van der Waals surface area contributed by atoms with E-state index in [0.717, 1.165) is 0 Å². The number of hydrogen-bond donors (Lipinski definition) is 0. The molecule has 0 saturated heterocycles. The van der Waals surface area contributed by atoms with Crippen LogP contribution in [0.1, 0.15) is 40.0 Å². The molecular formula is C21H20O6. The second-order valence-electron chi connectivity index (χ2n) is 5.72. The van der Waals surface area contributed by atoms with E-state index in [0.29, 0.717) is 18.4 Å². The molecule has 6 nitrogen and oxygen atoms in total. The predicted molar refractivity (Wildman–Crippen MR) is 97.3 cm³/mol. The van der Waals surface area contributed by atoms with Gasteiger partial charge in [0.1, 0.15) is 6.42 Å². The minimum atomic E-state index is -0.911. The van der Waals surface area contributed by atoms with Crippen molar-refractivity contribution >= 4 is 23.5 Å². The van der Waals surface area contributed by atoms with Crippen LogP contribution in [0.2, 0.25) is 0 Å². The van der Waals surface area contributed by atoms with Gasteiger partial charge in [0.2, 0.25) is 0 Å². The topological polar surface area (TPSA) is 86.7 Å². The number of carbonyl (C=O) groups is 4. The molecule has 0 bridgehead atoms. The lowest BCUT2D eigenvalue weighted by molar-refractivity contribution is -0.143. The van der Waals surface area contributed by atoms with Gasteiger partial charge in [-0.25, -0.2) is 4.79 Å². The second-order valence-corrected chi connectivity index (χ2v) is 5.72. The number of unbranched alkanes of at least 4 members (excludes halogenated alkanes) is 1. The molecule has 0 radical (unpaired) electrons. The normalized spacial score (nSPS) is 10.1. The van der Waals surface area contributed by atoms with E-state index in [1.807, 2.05) is 0 Å².